The van der Waals surface area contributed by atoms with Crippen molar-refractivity contribution in [1.82, 2.24) is 15.1 Å². The number of anilines is 1. The van der Waals surface area contributed by atoms with Gasteiger partial charge in [0.15, 0.2) is 0 Å². The first-order valence-corrected chi connectivity index (χ1v) is 10.1. The highest BCUT2D eigenvalue weighted by Gasteiger charge is 2.20. The van der Waals surface area contributed by atoms with Gasteiger partial charge in [0.05, 0.1) is 12.2 Å². The molecule has 9 heteroatoms. The van der Waals surface area contributed by atoms with Crippen LogP contribution in [0.5, 0.6) is 0 Å². The highest BCUT2D eigenvalue weighted by Crippen LogP contribution is 2.25. The van der Waals surface area contributed by atoms with Gasteiger partial charge >= 0.3 is 0 Å². The fourth-order valence-electron chi connectivity index (χ4n) is 2.71. The predicted molar refractivity (Wildman–Crippen MR) is 113 cm³/mol. The maximum absolute atomic E-state index is 14.0. The van der Waals surface area contributed by atoms with Gasteiger partial charge in [0.1, 0.15) is 10.8 Å². The zero-order chi connectivity index (χ0) is 21.3. The van der Waals surface area contributed by atoms with Crippen LogP contribution in [-0.4, -0.2) is 53.7 Å². The molecule has 3 aromatic rings. The lowest BCUT2D eigenvalue weighted by molar-refractivity contribution is -0.116. The molecule has 2 aromatic carbocycles. The highest BCUT2D eigenvalue weighted by molar-refractivity contribution is 7.18. The summed E-state index contributed by atoms with van der Waals surface area (Å²) < 4.78 is 19.0. The van der Waals surface area contributed by atoms with Crippen molar-refractivity contribution in [2.45, 2.75) is 6.42 Å². The van der Waals surface area contributed by atoms with Gasteiger partial charge in [-0.1, -0.05) is 53.8 Å². The van der Waals surface area contributed by atoms with Crippen LogP contribution in [0.4, 0.5) is 9.52 Å². The third kappa shape index (κ3) is 5.68. The average molecular weight is 428 g/mol. The Hall–Kier alpha value is -3.17. The molecule has 7 nitrogen and oxygen atoms in total. The minimum absolute atomic E-state index is 0.0319. The van der Waals surface area contributed by atoms with Crippen molar-refractivity contribution in [3.05, 3.63) is 66.0 Å². The largest absolute Gasteiger partial charge is 0.383 e. The van der Waals surface area contributed by atoms with Gasteiger partial charge in [-0.3, -0.25) is 9.59 Å². The quantitative estimate of drug-likeness (QED) is 0.564. The van der Waals surface area contributed by atoms with Gasteiger partial charge in [-0.2, -0.15) is 0 Å². The molecule has 0 aliphatic rings. The SMILES string of the molecule is COCCN(CCC(=O)Nc1nnc(-c2ccccc2)s1)C(=O)c1ccccc1F. The number of carbonyl (C=O) groups excluding carboxylic acids is 2. The van der Waals surface area contributed by atoms with E-state index in [0.29, 0.717) is 10.1 Å². The first-order chi connectivity index (χ1) is 14.6. The molecule has 0 spiro atoms. The fraction of sp³-hybridized carbons (Fsp3) is 0.238. The number of nitrogens with one attached hydrogen (secondary N) is 1. The summed E-state index contributed by atoms with van der Waals surface area (Å²) >= 11 is 1.26. The monoisotopic (exact) mass is 428 g/mol. The summed E-state index contributed by atoms with van der Waals surface area (Å²) in [6.07, 6.45) is 0.0319. The van der Waals surface area contributed by atoms with E-state index in [1.165, 1.54) is 41.5 Å². The van der Waals surface area contributed by atoms with Gasteiger partial charge < -0.3 is 15.0 Å². The Bertz CT molecular complexity index is 997. The molecule has 0 bridgehead atoms. The summed E-state index contributed by atoms with van der Waals surface area (Å²) in [7, 11) is 1.51. The molecule has 30 heavy (non-hydrogen) atoms. The van der Waals surface area contributed by atoms with Crippen LogP contribution < -0.4 is 5.32 Å². The lowest BCUT2D eigenvalue weighted by Gasteiger charge is -2.22. The molecule has 3 rings (SSSR count). The second kappa shape index (κ2) is 10.6. The van der Waals surface area contributed by atoms with Crippen molar-refractivity contribution >= 4 is 28.3 Å². The molecule has 2 amide bonds. The molecule has 1 N–H and O–H groups in total. The second-order valence-electron chi connectivity index (χ2n) is 6.34. The van der Waals surface area contributed by atoms with E-state index >= 15 is 0 Å². The van der Waals surface area contributed by atoms with Gasteiger partial charge in [-0.25, -0.2) is 4.39 Å². The minimum Gasteiger partial charge on any atom is -0.383 e. The summed E-state index contributed by atoms with van der Waals surface area (Å²) in [5.41, 5.74) is 0.877. The van der Waals surface area contributed by atoms with E-state index in [0.717, 1.165) is 5.56 Å². The summed E-state index contributed by atoms with van der Waals surface area (Å²) in [6, 6.07) is 15.3. The molecule has 0 unspecified atom stereocenters. The Kier molecular flexibility index (Phi) is 7.58. The summed E-state index contributed by atoms with van der Waals surface area (Å²) in [4.78, 5) is 26.4. The molecule has 0 radical (unpaired) electrons. The first kappa shape index (κ1) is 21.5. The number of nitrogens with zero attached hydrogens (tertiary/aromatic N) is 3. The topological polar surface area (TPSA) is 84.4 Å². The predicted octanol–water partition coefficient (Wildman–Crippen LogP) is 3.46. The molecular formula is C21H21FN4O3S. The van der Waals surface area contributed by atoms with Crippen LogP contribution in [0, 0.1) is 5.82 Å². The maximum Gasteiger partial charge on any atom is 0.256 e. The molecule has 0 saturated carbocycles. The molecule has 0 aliphatic carbocycles. The Morgan fingerprint density at radius 3 is 2.53 bits per heavy atom. The van der Waals surface area contributed by atoms with Gasteiger partial charge in [0, 0.05) is 32.2 Å². The lowest BCUT2D eigenvalue weighted by atomic mass is 10.1. The average Bonchev–Trinajstić information content (AvgIpc) is 3.23. The normalized spacial score (nSPS) is 10.6. The second-order valence-corrected chi connectivity index (χ2v) is 7.32. The number of rotatable bonds is 9. The van der Waals surface area contributed by atoms with E-state index in [9.17, 15) is 14.0 Å². The van der Waals surface area contributed by atoms with Crippen LogP contribution in [0.1, 0.15) is 16.8 Å². The molecular weight excluding hydrogens is 407 g/mol. The molecule has 156 valence electrons. The maximum atomic E-state index is 14.0. The van der Waals surface area contributed by atoms with E-state index in [2.05, 4.69) is 15.5 Å². The summed E-state index contributed by atoms with van der Waals surface area (Å²) in [6.45, 7) is 0.638. The zero-order valence-corrected chi connectivity index (χ0v) is 17.2. The number of hydrogen-bond acceptors (Lipinski definition) is 6. The van der Waals surface area contributed by atoms with Crippen LogP contribution >= 0.6 is 11.3 Å². The Morgan fingerprint density at radius 1 is 1.07 bits per heavy atom. The Labute approximate surface area is 177 Å². The highest BCUT2D eigenvalue weighted by atomic mass is 32.1. The number of carbonyl (C=O) groups is 2. The third-order valence-electron chi connectivity index (χ3n) is 4.26. The number of amides is 2. The van der Waals surface area contributed by atoms with Crippen molar-refractivity contribution < 1.29 is 18.7 Å². The van der Waals surface area contributed by atoms with Gasteiger partial charge in [-0.05, 0) is 12.1 Å². The van der Waals surface area contributed by atoms with Crippen molar-refractivity contribution in [3.63, 3.8) is 0 Å². The van der Waals surface area contributed by atoms with Crippen LogP contribution in [0.15, 0.2) is 54.6 Å². The van der Waals surface area contributed by atoms with Crippen LogP contribution in [0.25, 0.3) is 10.6 Å². The van der Waals surface area contributed by atoms with Crippen molar-refractivity contribution in [3.8, 4) is 10.6 Å². The van der Waals surface area contributed by atoms with Crippen molar-refractivity contribution in [2.24, 2.45) is 0 Å². The van der Waals surface area contributed by atoms with E-state index in [4.69, 9.17) is 4.74 Å². The van der Waals surface area contributed by atoms with Gasteiger partial charge in [0.2, 0.25) is 11.0 Å². The molecule has 0 fully saturated rings. The van der Waals surface area contributed by atoms with Crippen LogP contribution in [0.2, 0.25) is 0 Å². The fourth-order valence-corrected chi connectivity index (χ4v) is 3.48. The standard InChI is InChI=1S/C21H21FN4O3S/c1-29-14-13-26(20(28)16-9-5-6-10-17(16)22)12-11-18(27)23-21-25-24-19(30-21)15-7-3-2-4-8-15/h2-10H,11-14H2,1H3,(H,23,25,27). The van der Waals surface area contributed by atoms with E-state index < -0.39 is 11.7 Å². The van der Waals surface area contributed by atoms with E-state index in [-0.39, 0.29) is 37.6 Å². The lowest BCUT2D eigenvalue weighted by Crippen LogP contribution is -2.36. The van der Waals surface area contributed by atoms with Crippen molar-refractivity contribution in [2.75, 3.05) is 32.1 Å². The third-order valence-corrected chi connectivity index (χ3v) is 5.15. The molecule has 0 atom stereocenters. The number of ether oxygens (including phenoxy) is 1. The number of halogens is 1. The molecule has 1 aromatic heterocycles. The Balaban J connectivity index is 1.60. The van der Waals surface area contributed by atoms with Crippen molar-refractivity contribution in [1.29, 1.82) is 0 Å². The van der Waals surface area contributed by atoms with Crippen LogP contribution in [0.3, 0.4) is 0 Å². The molecule has 0 aliphatic heterocycles. The van der Waals surface area contributed by atoms with E-state index in [1.807, 2.05) is 30.3 Å². The van der Waals surface area contributed by atoms with Crippen LogP contribution in [-0.2, 0) is 9.53 Å². The summed E-state index contributed by atoms with van der Waals surface area (Å²) in [5, 5.41) is 11.8. The summed E-state index contributed by atoms with van der Waals surface area (Å²) in [5.74, 6) is -1.40. The smallest absolute Gasteiger partial charge is 0.256 e. The number of aromatic nitrogens is 2. The molecule has 0 saturated heterocycles. The number of benzene rings is 2. The first-order valence-electron chi connectivity index (χ1n) is 9.30. The van der Waals surface area contributed by atoms with Gasteiger partial charge in [-0.15, -0.1) is 10.2 Å². The number of methoxy groups -OCH3 is 1. The van der Waals surface area contributed by atoms with E-state index in [1.54, 1.807) is 6.07 Å². The van der Waals surface area contributed by atoms with Gasteiger partial charge in [0.25, 0.3) is 5.91 Å². The molecule has 1 heterocycles. The zero-order valence-electron chi connectivity index (χ0n) is 16.4. The number of hydrogen-bond donors (Lipinski definition) is 1. The Morgan fingerprint density at radius 2 is 1.80 bits per heavy atom. The minimum atomic E-state index is -0.600.